The predicted octanol–water partition coefficient (Wildman–Crippen LogP) is 3.90. The highest BCUT2D eigenvalue weighted by Crippen LogP contribution is 2.26. The number of ether oxygens (including phenoxy) is 1. The van der Waals surface area contributed by atoms with Gasteiger partial charge in [-0.2, -0.15) is 0 Å². The van der Waals surface area contributed by atoms with E-state index in [1.165, 1.54) is 0 Å². The molecular weight excluding hydrogens is 252 g/mol. The molecule has 0 unspecified atom stereocenters. The molecule has 0 amide bonds. The molecule has 3 heteroatoms. The molecule has 3 aromatic rings. The van der Waals surface area contributed by atoms with Crippen molar-refractivity contribution in [2.45, 2.75) is 6.92 Å². The molecule has 0 N–H and O–H groups in total. The summed E-state index contributed by atoms with van der Waals surface area (Å²) in [4.78, 5) is 11.9. The molecule has 1 heterocycles. The zero-order chi connectivity index (χ0) is 14.1. The van der Waals surface area contributed by atoms with Gasteiger partial charge >= 0.3 is 5.63 Å². The average Bonchev–Trinajstić information content (AvgIpc) is 2.45. The maximum atomic E-state index is 11.9. The van der Waals surface area contributed by atoms with Gasteiger partial charge in [-0.05, 0) is 36.1 Å². The van der Waals surface area contributed by atoms with Gasteiger partial charge in [-0.25, -0.2) is 4.79 Å². The van der Waals surface area contributed by atoms with Crippen LogP contribution in [0.5, 0.6) is 5.75 Å². The second-order valence-electron chi connectivity index (χ2n) is 4.84. The monoisotopic (exact) mass is 266 g/mol. The highest BCUT2D eigenvalue weighted by Gasteiger charge is 2.07. The molecule has 0 atom stereocenters. The molecule has 0 aliphatic carbocycles. The van der Waals surface area contributed by atoms with Gasteiger partial charge in [0.25, 0.3) is 0 Å². The van der Waals surface area contributed by atoms with Crippen molar-refractivity contribution in [1.29, 1.82) is 0 Å². The molecule has 2 aromatic carbocycles. The van der Waals surface area contributed by atoms with E-state index >= 15 is 0 Å². The first kappa shape index (κ1) is 12.5. The van der Waals surface area contributed by atoms with Crippen LogP contribution in [0, 0.1) is 0 Å². The van der Waals surface area contributed by atoms with Gasteiger partial charge < -0.3 is 9.15 Å². The van der Waals surface area contributed by atoms with E-state index < -0.39 is 0 Å². The largest absolute Gasteiger partial charge is 0.489 e. The summed E-state index contributed by atoms with van der Waals surface area (Å²) < 4.78 is 10.9. The van der Waals surface area contributed by atoms with Crippen LogP contribution in [0.1, 0.15) is 6.92 Å². The van der Waals surface area contributed by atoms with E-state index in [2.05, 4.69) is 6.58 Å². The van der Waals surface area contributed by atoms with Crippen molar-refractivity contribution in [2.24, 2.45) is 0 Å². The van der Waals surface area contributed by atoms with Crippen molar-refractivity contribution in [3.8, 4) is 5.75 Å². The number of hydrogen-bond acceptors (Lipinski definition) is 3. The van der Waals surface area contributed by atoms with Crippen LogP contribution in [-0.2, 0) is 0 Å². The van der Waals surface area contributed by atoms with Crippen LogP contribution < -0.4 is 10.4 Å². The van der Waals surface area contributed by atoms with E-state index in [0.717, 1.165) is 16.3 Å². The van der Waals surface area contributed by atoms with E-state index in [1.54, 1.807) is 12.1 Å². The molecule has 20 heavy (non-hydrogen) atoms. The van der Waals surface area contributed by atoms with Gasteiger partial charge in [0, 0.05) is 11.5 Å². The Morgan fingerprint density at radius 2 is 1.90 bits per heavy atom. The fourth-order valence-corrected chi connectivity index (χ4v) is 2.16. The molecule has 1 aromatic heterocycles. The number of rotatable bonds is 3. The summed E-state index contributed by atoms with van der Waals surface area (Å²) in [6.45, 7) is 6.13. The van der Waals surface area contributed by atoms with Crippen molar-refractivity contribution in [3.63, 3.8) is 0 Å². The molecule has 0 fully saturated rings. The van der Waals surface area contributed by atoms with Crippen LogP contribution in [0.3, 0.4) is 0 Å². The summed E-state index contributed by atoms with van der Waals surface area (Å²) in [5.74, 6) is 0.666. The summed E-state index contributed by atoms with van der Waals surface area (Å²) in [5.41, 5.74) is 1.14. The quantitative estimate of drug-likeness (QED) is 0.410. The van der Waals surface area contributed by atoms with Crippen molar-refractivity contribution < 1.29 is 9.15 Å². The second-order valence-corrected chi connectivity index (χ2v) is 4.84. The third-order valence-corrected chi connectivity index (χ3v) is 3.08. The highest BCUT2D eigenvalue weighted by molar-refractivity contribution is 6.04. The van der Waals surface area contributed by atoms with E-state index in [1.807, 2.05) is 37.3 Å². The van der Waals surface area contributed by atoms with Crippen LogP contribution in [0.4, 0.5) is 0 Å². The predicted molar refractivity (Wildman–Crippen MR) is 80.3 cm³/mol. The van der Waals surface area contributed by atoms with E-state index in [9.17, 15) is 4.79 Å². The molecule has 0 spiro atoms. The Hall–Kier alpha value is -2.55. The Balaban J connectivity index is 2.18. The fraction of sp³-hybridized carbons (Fsp3) is 0.118. The van der Waals surface area contributed by atoms with Gasteiger partial charge in [-0.1, -0.05) is 24.8 Å². The topological polar surface area (TPSA) is 39.4 Å². The Bertz CT molecular complexity index is 859. The highest BCUT2D eigenvalue weighted by atomic mass is 16.5. The lowest BCUT2D eigenvalue weighted by atomic mass is 10.1. The van der Waals surface area contributed by atoms with Gasteiger partial charge in [-0.3, -0.25) is 0 Å². The molecule has 0 aliphatic heterocycles. The van der Waals surface area contributed by atoms with Gasteiger partial charge in [0.1, 0.15) is 17.9 Å². The Kier molecular flexibility index (Phi) is 3.03. The standard InChI is InChI=1S/C17H14O3/c1-11(2)10-19-12-7-8-14-13-5-3-4-6-15(13)17(18)20-16(14)9-12/h3-9H,1,10H2,2H3. The molecule has 3 nitrogen and oxygen atoms in total. The lowest BCUT2D eigenvalue weighted by Crippen LogP contribution is -2.00. The van der Waals surface area contributed by atoms with Crippen LogP contribution in [-0.4, -0.2) is 6.61 Å². The first-order valence-corrected chi connectivity index (χ1v) is 6.38. The van der Waals surface area contributed by atoms with E-state index in [4.69, 9.17) is 9.15 Å². The van der Waals surface area contributed by atoms with Gasteiger partial charge in [0.2, 0.25) is 0 Å². The maximum Gasteiger partial charge on any atom is 0.344 e. The minimum Gasteiger partial charge on any atom is -0.489 e. The number of fused-ring (bicyclic) bond motifs is 3. The van der Waals surface area contributed by atoms with Gasteiger partial charge in [0.15, 0.2) is 0 Å². The van der Waals surface area contributed by atoms with E-state index in [0.29, 0.717) is 23.3 Å². The minimum atomic E-state index is -0.329. The van der Waals surface area contributed by atoms with Crippen LogP contribution in [0.25, 0.3) is 21.7 Å². The second kappa shape index (κ2) is 4.85. The first-order chi connectivity index (χ1) is 9.65. The summed E-state index contributed by atoms with van der Waals surface area (Å²) in [6.07, 6.45) is 0. The average molecular weight is 266 g/mol. The Labute approximate surface area is 116 Å². The number of hydrogen-bond donors (Lipinski definition) is 0. The molecule has 0 saturated heterocycles. The third kappa shape index (κ3) is 2.18. The molecule has 0 saturated carbocycles. The van der Waals surface area contributed by atoms with Crippen molar-refractivity contribution in [3.05, 3.63) is 65.0 Å². The smallest absolute Gasteiger partial charge is 0.344 e. The first-order valence-electron chi connectivity index (χ1n) is 6.38. The molecule has 3 rings (SSSR count). The van der Waals surface area contributed by atoms with Crippen LogP contribution in [0.15, 0.2) is 63.8 Å². The molecular formula is C17H14O3. The van der Waals surface area contributed by atoms with Crippen molar-refractivity contribution in [2.75, 3.05) is 6.61 Å². The molecule has 100 valence electrons. The lowest BCUT2D eigenvalue weighted by molar-refractivity contribution is 0.352. The van der Waals surface area contributed by atoms with Crippen molar-refractivity contribution in [1.82, 2.24) is 0 Å². The van der Waals surface area contributed by atoms with Crippen LogP contribution >= 0.6 is 0 Å². The fourth-order valence-electron chi connectivity index (χ4n) is 2.16. The lowest BCUT2D eigenvalue weighted by Gasteiger charge is -2.07. The van der Waals surface area contributed by atoms with E-state index in [-0.39, 0.29) is 5.63 Å². The van der Waals surface area contributed by atoms with Gasteiger partial charge in [-0.15, -0.1) is 0 Å². The SMILES string of the molecule is C=C(C)COc1ccc2c(c1)oc(=O)c1ccccc12. The zero-order valence-corrected chi connectivity index (χ0v) is 11.2. The third-order valence-electron chi connectivity index (χ3n) is 3.08. The Morgan fingerprint density at radius 3 is 2.65 bits per heavy atom. The molecule has 0 bridgehead atoms. The summed E-state index contributed by atoms with van der Waals surface area (Å²) >= 11 is 0. The minimum absolute atomic E-state index is 0.329. The molecule has 0 aliphatic rings. The van der Waals surface area contributed by atoms with Crippen molar-refractivity contribution >= 4 is 21.7 Å². The summed E-state index contributed by atoms with van der Waals surface area (Å²) in [5, 5.41) is 2.39. The normalized spacial score (nSPS) is 10.8. The Morgan fingerprint density at radius 1 is 1.15 bits per heavy atom. The summed E-state index contributed by atoms with van der Waals surface area (Å²) in [7, 11) is 0. The van der Waals surface area contributed by atoms with Gasteiger partial charge in [0.05, 0.1) is 5.39 Å². The molecule has 0 radical (unpaired) electrons. The maximum absolute atomic E-state index is 11.9. The number of benzene rings is 2. The van der Waals surface area contributed by atoms with Crippen LogP contribution in [0.2, 0.25) is 0 Å². The summed E-state index contributed by atoms with van der Waals surface area (Å²) in [6, 6.07) is 13.0. The zero-order valence-electron chi connectivity index (χ0n) is 11.2.